The largest absolute Gasteiger partial charge is 0.475 e. The number of anilines is 1. The number of rotatable bonds is 5. The summed E-state index contributed by atoms with van der Waals surface area (Å²) in [6.07, 6.45) is 5.43. The Morgan fingerprint density at radius 1 is 1.38 bits per heavy atom. The summed E-state index contributed by atoms with van der Waals surface area (Å²) in [5.74, 6) is 1.28. The number of hydrogen-bond acceptors (Lipinski definition) is 4. The first-order valence-corrected chi connectivity index (χ1v) is 4.50. The monoisotopic (exact) mass is 181 g/mol. The van der Waals surface area contributed by atoms with Gasteiger partial charge in [-0.25, -0.2) is 9.97 Å². The predicted molar refractivity (Wildman–Crippen MR) is 52.0 cm³/mol. The fourth-order valence-corrected chi connectivity index (χ4v) is 0.916. The van der Waals surface area contributed by atoms with E-state index in [2.05, 4.69) is 22.2 Å². The van der Waals surface area contributed by atoms with E-state index in [1.807, 2.05) is 0 Å². The molecule has 0 spiro atoms. The van der Waals surface area contributed by atoms with Gasteiger partial charge in [-0.2, -0.15) is 0 Å². The molecule has 0 saturated carbocycles. The third kappa shape index (κ3) is 2.89. The number of hydrogen-bond donors (Lipinski definition) is 1. The molecule has 4 nitrogen and oxygen atoms in total. The van der Waals surface area contributed by atoms with Crippen LogP contribution in [0.5, 0.6) is 5.88 Å². The third-order valence-corrected chi connectivity index (χ3v) is 1.64. The second-order valence-corrected chi connectivity index (χ2v) is 2.66. The lowest BCUT2D eigenvalue weighted by Crippen LogP contribution is -2.03. The summed E-state index contributed by atoms with van der Waals surface area (Å²) in [6, 6.07) is 0. The number of nitrogens with zero attached hydrogens (tertiary/aromatic N) is 2. The van der Waals surface area contributed by atoms with Gasteiger partial charge in [0.05, 0.1) is 6.61 Å². The molecule has 0 saturated heterocycles. The molecule has 4 heteroatoms. The van der Waals surface area contributed by atoms with E-state index in [4.69, 9.17) is 4.74 Å². The molecule has 0 unspecified atom stereocenters. The summed E-state index contributed by atoms with van der Waals surface area (Å²) in [5, 5.41) is 2.92. The van der Waals surface area contributed by atoms with Gasteiger partial charge in [-0.3, -0.25) is 0 Å². The molecule has 0 atom stereocenters. The normalized spacial score (nSPS) is 9.69. The highest BCUT2D eigenvalue weighted by Crippen LogP contribution is 2.16. The second kappa shape index (κ2) is 5.35. The van der Waals surface area contributed by atoms with Crippen molar-refractivity contribution in [2.24, 2.45) is 0 Å². The van der Waals surface area contributed by atoms with Crippen molar-refractivity contribution in [3.05, 3.63) is 12.4 Å². The maximum absolute atomic E-state index is 5.43. The zero-order chi connectivity index (χ0) is 9.52. The van der Waals surface area contributed by atoms with Gasteiger partial charge < -0.3 is 10.1 Å². The highest BCUT2D eigenvalue weighted by molar-refractivity contribution is 5.43. The van der Waals surface area contributed by atoms with Crippen LogP contribution in [0.1, 0.15) is 19.8 Å². The minimum Gasteiger partial charge on any atom is -0.475 e. The Bertz CT molecular complexity index is 252. The molecule has 0 radical (unpaired) electrons. The van der Waals surface area contributed by atoms with Crippen molar-refractivity contribution in [1.29, 1.82) is 0 Å². The summed E-state index contributed by atoms with van der Waals surface area (Å²) in [4.78, 5) is 8.15. The highest BCUT2D eigenvalue weighted by Gasteiger charge is 2.02. The molecule has 1 aromatic rings. The molecule has 1 aromatic heterocycles. The molecule has 0 aliphatic carbocycles. The van der Waals surface area contributed by atoms with Crippen LogP contribution in [0.25, 0.3) is 0 Å². The molecule has 0 amide bonds. The number of nitrogens with one attached hydrogen (secondary N) is 1. The molecule has 1 heterocycles. The maximum Gasteiger partial charge on any atom is 0.257 e. The van der Waals surface area contributed by atoms with Crippen molar-refractivity contribution in [1.82, 2.24) is 9.97 Å². The minimum atomic E-state index is 0.582. The van der Waals surface area contributed by atoms with Gasteiger partial charge in [-0.05, 0) is 6.42 Å². The Kier molecular flexibility index (Phi) is 4.02. The van der Waals surface area contributed by atoms with Crippen LogP contribution in [0.15, 0.2) is 12.4 Å². The fourth-order valence-electron chi connectivity index (χ4n) is 0.916. The zero-order valence-electron chi connectivity index (χ0n) is 8.08. The Balaban J connectivity index is 2.54. The van der Waals surface area contributed by atoms with Gasteiger partial charge in [-0.1, -0.05) is 13.3 Å². The van der Waals surface area contributed by atoms with Gasteiger partial charge in [-0.15, -0.1) is 0 Å². The minimum absolute atomic E-state index is 0.582. The van der Waals surface area contributed by atoms with Crippen LogP contribution in [-0.2, 0) is 0 Å². The van der Waals surface area contributed by atoms with Crippen LogP contribution in [0, 0.1) is 0 Å². The lowest BCUT2D eigenvalue weighted by atomic mass is 10.4. The Morgan fingerprint density at radius 2 is 2.15 bits per heavy atom. The third-order valence-electron chi connectivity index (χ3n) is 1.64. The van der Waals surface area contributed by atoms with Gasteiger partial charge in [0.2, 0.25) is 0 Å². The molecule has 1 N–H and O–H groups in total. The Labute approximate surface area is 78.4 Å². The zero-order valence-corrected chi connectivity index (χ0v) is 8.08. The van der Waals surface area contributed by atoms with Gasteiger partial charge in [0.1, 0.15) is 0 Å². The maximum atomic E-state index is 5.43. The number of aromatic nitrogens is 2. The van der Waals surface area contributed by atoms with E-state index in [-0.39, 0.29) is 0 Å². The van der Waals surface area contributed by atoms with Crippen LogP contribution < -0.4 is 10.1 Å². The molecular formula is C9H15N3O. The van der Waals surface area contributed by atoms with Gasteiger partial charge >= 0.3 is 0 Å². The number of unbranched alkanes of at least 4 members (excludes halogenated alkanes) is 1. The van der Waals surface area contributed by atoms with Gasteiger partial charge in [0.15, 0.2) is 5.82 Å². The first kappa shape index (κ1) is 9.77. The molecule has 0 aliphatic heterocycles. The van der Waals surface area contributed by atoms with Crippen molar-refractivity contribution in [2.75, 3.05) is 19.0 Å². The lowest BCUT2D eigenvalue weighted by molar-refractivity contribution is 0.298. The quantitative estimate of drug-likeness (QED) is 0.702. The molecule has 0 aliphatic rings. The molecule has 72 valence electrons. The second-order valence-electron chi connectivity index (χ2n) is 2.66. The molecule has 1 rings (SSSR count). The van der Waals surface area contributed by atoms with E-state index in [9.17, 15) is 0 Å². The summed E-state index contributed by atoms with van der Waals surface area (Å²) >= 11 is 0. The standard InChI is InChI=1S/C9H15N3O/c1-3-4-7-13-9-8(10-2)11-5-6-12-9/h5-6H,3-4,7H2,1-2H3,(H,10,11). The molecule has 13 heavy (non-hydrogen) atoms. The topological polar surface area (TPSA) is 47.0 Å². The lowest BCUT2D eigenvalue weighted by Gasteiger charge is -2.07. The van der Waals surface area contributed by atoms with Crippen LogP contribution in [0.3, 0.4) is 0 Å². The van der Waals surface area contributed by atoms with E-state index < -0.39 is 0 Å². The van der Waals surface area contributed by atoms with Crippen LogP contribution in [0.4, 0.5) is 5.82 Å². The van der Waals surface area contributed by atoms with Crippen LogP contribution in [0.2, 0.25) is 0 Å². The van der Waals surface area contributed by atoms with Gasteiger partial charge in [0, 0.05) is 19.4 Å². The fraction of sp³-hybridized carbons (Fsp3) is 0.556. The Morgan fingerprint density at radius 3 is 2.85 bits per heavy atom. The van der Waals surface area contributed by atoms with Crippen molar-refractivity contribution < 1.29 is 4.74 Å². The first-order valence-electron chi connectivity index (χ1n) is 4.50. The van der Waals surface area contributed by atoms with Crippen molar-refractivity contribution in [2.45, 2.75) is 19.8 Å². The van der Waals surface area contributed by atoms with E-state index in [1.165, 1.54) is 0 Å². The average molecular weight is 181 g/mol. The summed E-state index contributed by atoms with van der Waals surface area (Å²) in [7, 11) is 1.80. The molecule has 0 bridgehead atoms. The number of ether oxygens (including phenoxy) is 1. The molecular weight excluding hydrogens is 166 g/mol. The average Bonchev–Trinajstić information content (AvgIpc) is 2.19. The van der Waals surface area contributed by atoms with Crippen molar-refractivity contribution in [3.63, 3.8) is 0 Å². The summed E-state index contributed by atoms with van der Waals surface area (Å²) in [5.41, 5.74) is 0. The van der Waals surface area contributed by atoms with Crippen molar-refractivity contribution in [3.8, 4) is 5.88 Å². The van der Waals surface area contributed by atoms with E-state index in [0.29, 0.717) is 18.3 Å². The summed E-state index contributed by atoms with van der Waals surface area (Å²) < 4.78 is 5.43. The molecule has 0 fully saturated rings. The SMILES string of the molecule is CCCCOc1nccnc1NC. The van der Waals surface area contributed by atoms with Crippen molar-refractivity contribution >= 4 is 5.82 Å². The van der Waals surface area contributed by atoms with Gasteiger partial charge in [0.25, 0.3) is 5.88 Å². The smallest absolute Gasteiger partial charge is 0.257 e. The Hall–Kier alpha value is -1.32. The predicted octanol–water partition coefficient (Wildman–Crippen LogP) is 1.70. The van der Waals surface area contributed by atoms with Crippen LogP contribution in [-0.4, -0.2) is 23.6 Å². The van der Waals surface area contributed by atoms with E-state index in [1.54, 1.807) is 19.4 Å². The van der Waals surface area contributed by atoms with Crippen LogP contribution >= 0.6 is 0 Å². The molecule has 0 aromatic carbocycles. The van der Waals surface area contributed by atoms with E-state index in [0.717, 1.165) is 12.8 Å². The first-order chi connectivity index (χ1) is 6.38. The van der Waals surface area contributed by atoms with E-state index >= 15 is 0 Å². The highest BCUT2D eigenvalue weighted by atomic mass is 16.5. The summed E-state index contributed by atoms with van der Waals surface area (Å²) in [6.45, 7) is 2.82.